The van der Waals surface area contributed by atoms with Crippen LogP contribution in [0.25, 0.3) is 11.0 Å². The van der Waals surface area contributed by atoms with E-state index in [-0.39, 0.29) is 12.1 Å². The predicted molar refractivity (Wildman–Crippen MR) is 96.8 cm³/mol. The second kappa shape index (κ2) is 6.44. The zero-order chi connectivity index (χ0) is 18.3. The van der Waals surface area contributed by atoms with Crippen molar-refractivity contribution in [3.63, 3.8) is 0 Å². The van der Waals surface area contributed by atoms with Crippen LogP contribution in [0.4, 0.5) is 0 Å². The summed E-state index contributed by atoms with van der Waals surface area (Å²) >= 11 is 3.25. The molecule has 0 aliphatic heterocycles. The van der Waals surface area contributed by atoms with Gasteiger partial charge in [-0.25, -0.2) is 14.5 Å². The minimum atomic E-state index is -0.529. The van der Waals surface area contributed by atoms with Crippen LogP contribution in [0.5, 0.6) is 5.75 Å². The van der Waals surface area contributed by atoms with Gasteiger partial charge in [0.15, 0.2) is 5.65 Å². The van der Waals surface area contributed by atoms with Crippen molar-refractivity contribution < 1.29 is 9.53 Å². The Balaban J connectivity index is 1.89. The van der Waals surface area contributed by atoms with Gasteiger partial charge in [-0.15, -0.1) is 0 Å². The van der Waals surface area contributed by atoms with Crippen LogP contribution in [-0.2, 0) is 18.4 Å². The number of esters is 1. The number of aryl methyl sites for hydroxylation is 4. The van der Waals surface area contributed by atoms with E-state index < -0.39 is 5.97 Å². The maximum Gasteiger partial charge on any atom is 0.331 e. The van der Waals surface area contributed by atoms with E-state index in [2.05, 4.69) is 26.0 Å². The quantitative estimate of drug-likeness (QED) is 0.494. The monoisotopic (exact) mass is 404 g/mol. The Morgan fingerprint density at radius 3 is 2.52 bits per heavy atom. The van der Waals surface area contributed by atoms with E-state index in [4.69, 9.17) is 4.74 Å². The van der Waals surface area contributed by atoms with Gasteiger partial charge >= 0.3 is 5.97 Å². The van der Waals surface area contributed by atoms with Crippen LogP contribution >= 0.6 is 15.9 Å². The summed E-state index contributed by atoms with van der Waals surface area (Å²) < 4.78 is 8.60. The Morgan fingerprint density at radius 2 is 1.88 bits per heavy atom. The zero-order valence-corrected chi connectivity index (χ0v) is 15.9. The summed E-state index contributed by atoms with van der Waals surface area (Å²) in [5.41, 5.74) is 2.96. The van der Waals surface area contributed by atoms with E-state index in [1.807, 2.05) is 32.9 Å². The maximum atomic E-state index is 12.6. The number of carbonyl (C=O) groups is 1. The molecule has 3 aromatic rings. The highest BCUT2D eigenvalue weighted by molar-refractivity contribution is 9.10. The lowest BCUT2D eigenvalue weighted by Crippen LogP contribution is -2.27. The van der Waals surface area contributed by atoms with Crippen LogP contribution in [0.1, 0.15) is 16.7 Å². The van der Waals surface area contributed by atoms with Gasteiger partial charge in [-0.3, -0.25) is 9.36 Å². The largest absolute Gasteiger partial charge is 0.425 e. The van der Waals surface area contributed by atoms with Crippen LogP contribution in [-0.4, -0.2) is 25.3 Å². The number of hydrogen-bond donors (Lipinski definition) is 0. The fourth-order valence-corrected chi connectivity index (χ4v) is 3.45. The van der Waals surface area contributed by atoms with Crippen molar-refractivity contribution in [2.75, 3.05) is 0 Å². The number of halogens is 1. The standard InChI is InChI=1S/C17H17BrN4O3/c1-9-5-10(2)14(11(3)6-9)25-12(23)7-22-8-19-16-13(17(22)24)15(18)20-21(16)4/h5-6,8H,7H2,1-4H3. The van der Waals surface area contributed by atoms with Gasteiger partial charge in [-0.05, 0) is 47.8 Å². The molecule has 0 saturated carbocycles. The molecule has 0 saturated heterocycles. The zero-order valence-electron chi connectivity index (χ0n) is 14.3. The van der Waals surface area contributed by atoms with E-state index in [9.17, 15) is 9.59 Å². The fourth-order valence-electron chi connectivity index (χ4n) is 2.86. The smallest absolute Gasteiger partial charge is 0.331 e. The van der Waals surface area contributed by atoms with Gasteiger partial charge < -0.3 is 4.74 Å². The molecule has 2 heterocycles. The normalized spacial score (nSPS) is 11.1. The summed E-state index contributed by atoms with van der Waals surface area (Å²) in [4.78, 5) is 29.1. The molecule has 7 nitrogen and oxygen atoms in total. The van der Waals surface area contributed by atoms with Gasteiger partial charge in [0.05, 0.1) is 0 Å². The van der Waals surface area contributed by atoms with E-state index in [0.29, 0.717) is 21.4 Å². The van der Waals surface area contributed by atoms with Crippen LogP contribution in [0.2, 0.25) is 0 Å². The van der Waals surface area contributed by atoms with Crippen molar-refractivity contribution in [1.29, 1.82) is 0 Å². The average Bonchev–Trinajstić information content (AvgIpc) is 2.81. The van der Waals surface area contributed by atoms with E-state index >= 15 is 0 Å². The van der Waals surface area contributed by atoms with Gasteiger partial charge in [0, 0.05) is 7.05 Å². The van der Waals surface area contributed by atoms with Gasteiger partial charge in [0.2, 0.25) is 0 Å². The Kier molecular flexibility index (Phi) is 4.47. The first-order valence-electron chi connectivity index (χ1n) is 7.64. The molecule has 0 aliphatic rings. The topological polar surface area (TPSA) is 79.0 Å². The SMILES string of the molecule is Cc1cc(C)c(OC(=O)Cn2cnc3c(c(Br)nn3C)c2=O)c(C)c1. The first kappa shape index (κ1) is 17.3. The lowest BCUT2D eigenvalue weighted by Gasteiger charge is -2.12. The fraction of sp³-hybridized carbons (Fsp3) is 0.294. The third-order valence-electron chi connectivity index (χ3n) is 3.89. The lowest BCUT2D eigenvalue weighted by atomic mass is 10.1. The van der Waals surface area contributed by atoms with Crippen molar-refractivity contribution in [1.82, 2.24) is 19.3 Å². The van der Waals surface area contributed by atoms with Crippen molar-refractivity contribution >= 4 is 32.9 Å². The molecule has 1 aromatic carbocycles. The predicted octanol–water partition coefficient (Wildman–Crippen LogP) is 2.42. The molecule has 0 fully saturated rings. The molecular weight excluding hydrogens is 388 g/mol. The number of aromatic nitrogens is 4. The minimum Gasteiger partial charge on any atom is -0.425 e. The summed E-state index contributed by atoms with van der Waals surface area (Å²) in [6, 6.07) is 3.89. The second-order valence-electron chi connectivity index (χ2n) is 5.99. The molecule has 0 spiro atoms. The number of fused-ring (bicyclic) bond motifs is 1. The van der Waals surface area contributed by atoms with E-state index in [1.165, 1.54) is 15.6 Å². The number of rotatable bonds is 3. The Hall–Kier alpha value is -2.48. The van der Waals surface area contributed by atoms with Crippen molar-refractivity contribution in [2.45, 2.75) is 27.3 Å². The summed E-state index contributed by atoms with van der Waals surface area (Å²) in [6.45, 7) is 5.53. The molecule has 8 heteroatoms. The molecule has 0 aliphatic carbocycles. The van der Waals surface area contributed by atoms with Crippen LogP contribution in [0.3, 0.4) is 0 Å². The van der Waals surface area contributed by atoms with Gasteiger partial charge in [0.25, 0.3) is 5.56 Å². The number of nitrogens with zero attached hydrogens (tertiary/aromatic N) is 4. The van der Waals surface area contributed by atoms with Crippen LogP contribution < -0.4 is 10.3 Å². The minimum absolute atomic E-state index is 0.226. The molecular formula is C17H17BrN4O3. The van der Waals surface area contributed by atoms with Crippen molar-refractivity contribution in [2.24, 2.45) is 7.05 Å². The highest BCUT2D eigenvalue weighted by Crippen LogP contribution is 2.24. The molecule has 0 bridgehead atoms. The van der Waals surface area contributed by atoms with Gasteiger partial charge in [-0.2, -0.15) is 5.10 Å². The van der Waals surface area contributed by atoms with E-state index in [1.54, 1.807) is 7.05 Å². The number of hydrogen-bond acceptors (Lipinski definition) is 5. The lowest BCUT2D eigenvalue weighted by molar-refractivity contribution is -0.135. The molecule has 130 valence electrons. The Bertz CT molecular complexity index is 1030. The molecule has 25 heavy (non-hydrogen) atoms. The van der Waals surface area contributed by atoms with Crippen molar-refractivity contribution in [3.8, 4) is 5.75 Å². The average molecular weight is 405 g/mol. The Labute approximate surface area is 152 Å². The van der Waals surface area contributed by atoms with Crippen LogP contribution in [0.15, 0.2) is 27.9 Å². The first-order chi connectivity index (χ1) is 11.8. The first-order valence-corrected chi connectivity index (χ1v) is 8.43. The highest BCUT2D eigenvalue weighted by Gasteiger charge is 2.16. The molecule has 0 amide bonds. The molecule has 3 rings (SSSR count). The molecule has 0 unspecified atom stereocenters. The second-order valence-corrected chi connectivity index (χ2v) is 6.74. The third kappa shape index (κ3) is 3.21. The highest BCUT2D eigenvalue weighted by atomic mass is 79.9. The maximum absolute atomic E-state index is 12.6. The van der Waals surface area contributed by atoms with Gasteiger partial charge in [-0.1, -0.05) is 17.7 Å². The number of carbonyl (C=O) groups excluding carboxylic acids is 1. The number of benzene rings is 1. The van der Waals surface area contributed by atoms with Crippen LogP contribution in [0, 0.1) is 20.8 Å². The summed E-state index contributed by atoms with van der Waals surface area (Å²) in [5.74, 6) is -0.00133. The molecule has 0 N–H and O–H groups in total. The third-order valence-corrected chi connectivity index (χ3v) is 4.44. The summed E-state index contributed by atoms with van der Waals surface area (Å²) in [5, 5.41) is 4.45. The Morgan fingerprint density at radius 1 is 1.24 bits per heavy atom. The molecule has 2 aromatic heterocycles. The van der Waals surface area contributed by atoms with Crippen molar-refractivity contribution in [3.05, 3.63) is 50.1 Å². The molecule has 0 radical (unpaired) electrons. The van der Waals surface area contributed by atoms with E-state index in [0.717, 1.165) is 16.7 Å². The summed E-state index contributed by atoms with van der Waals surface area (Å²) in [6.07, 6.45) is 1.33. The van der Waals surface area contributed by atoms with Gasteiger partial charge in [0.1, 0.15) is 28.6 Å². The summed E-state index contributed by atoms with van der Waals surface area (Å²) in [7, 11) is 1.70. The molecule has 0 atom stereocenters. The number of ether oxygens (including phenoxy) is 1.